The summed E-state index contributed by atoms with van der Waals surface area (Å²) in [7, 11) is 0. The Morgan fingerprint density at radius 3 is 2.65 bits per heavy atom. The summed E-state index contributed by atoms with van der Waals surface area (Å²) < 4.78 is 0. The number of unbranched alkanes of at least 4 members (excludes halogenated alkanes) is 1. The van der Waals surface area contributed by atoms with E-state index in [9.17, 15) is 9.59 Å². The van der Waals surface area contributed by atoms with Crippen molar-refractivity contribution in [3.8, 4) is 0 Å². The molecule has 0 aromatic heterocycles. The Balaban J connectivity index is 2.43. The molecule has 1 saturated carbocycles. The number of amides is 2. The van der Waals surface area contributed by atoms with Crippen molar-refractivity contribution in [1.29, 1.82) is 0 Å². The first kappa shape index (κ1) is 16.8. The summed E-state index contributed by atoms with van der Waals surface area (Å²) in [6.45, 7) is 6.42. The van der Waals surface area contributed by atoms with Crippen molar-refractivity contribution in [2.24, 2.45) is 5.41 Å². The highest BCUT2D eigenvalue weighted by atomic mass is 16.4. The molecule has 116 valence electrons. The average Bonchev–Trinajstić information content (AvgIpc) is 2.32. The molecule has 20 heavy (non-hydrogen) atoms. The SMILES string of the molecule is CCCCC(NC(=O)NC1CCCC(C)(C)C1)C(=O)O. The van der Waals surface area contributed by atoms with Crippen LogP contribution in [0.25, 0.3) is 0 Å². The van der Waals surface area contributed by atoms with E-state index in [1.54, 1.807) is 0 Å². The average molecular weight is 284 g/mol. The number of urea groups is 1. The van der Waals surface area contributed by atoms with Crippen molar-refractivity contribution in [2.75, 3.05) is 0 Å². The van der Waals surface area contributed by atoms with Crippen molar-refractivity contribution < 1.29 is 14.7 Å². The largest absolute Gasteiger partial charge is 0.480 e. The molecule has 0 aromatic rings. The van der Waals surface area contributed by atoms with Gasteiger partial charge < -0.3 is 15.7 Å². The van der Waals surface area contributed by atoms with Gasteiger partial charge in [-0.25, -0.2) is 9.59 Å². The Morgan fingerprint density at radius 2 is 2.10 bits per heavy atom. The summed E-state index contributed by atoms with van der Waals surface area (Å²) in [4.78, 5) is 23.0. The van der Waals surface area contributed by atoms with Crippen LogP contribution < -0.4 is 10.6 Å². The normalized spacial score (nSPS) is 22.9. The van der Waals surface area contributed by atoms with E-state index in [0.717, 1.165) is 32.1 Å². The van der Waals surface area contributed by atoms with Crippen LogP contribution in [-0.4, -0.2) is 29.2 Å². The van der Waals surface area contributed by atoms with Gasteiger partial charge in [0.25, 0.3) is 0 Å². The van der Waals surface area contributed by atoms with Gasteiger partial charge in [0.1, 0.15) is 6.04 Å². The number of carboxylic acids is 1. The van der Waals surface area contributed by atoms with Gasteiger partial charge in [-0.15, -0.1) is 0 Å². The van der Waals surface area contributed by atoms with E-state index in [1.165, 1.54) is 6.42 Å². The molecule has 5 nitrogen and oxygen atoms in total. The molecule has 1 aliphatic carbocycles. The van der Waals surface area contributed by atoms with E-state index in [0.29, 0.717) is 6.42 Å². The second kappa shape index (κ2) is 7.50. The Morgan fingerprint density at radius 1 is 1.40 bits per heavy atom. The maximum atomic E-state index is 11.9. The van der Waals surface area contributed by atoms with Gasteiger partial charge in [0, 0.05) is 6.04 Å². The molecule has 1 rings (SSSR count). The number of carbonyl (C=O) groups excluding carboxylic acids is 1. The monoisotopic (exact) mass is 284 g/mol. The highest BCUT2D eigenvalue weighted by Gasteiger charge is 2.29. The highest BCUT2D eigenvalue weighted by molar-refractivity contribution is 5.82. The molecule has 1 fully saturated rings. The quantitative estimate of drug-likeness (QED) is 0.701. The van der Waals surface area contributed by atoms with E-state index in [2.05, 4.69) is 24.5 Å². The summed E-state index contributed by atoms with van der Waals surface area (Å²) in [5.74, 6) is -0.961. The molecule has 1 aliphatic rings. The first-order valence-corrected chi connectivity index (χ1v) is 7.64. The molecule has 0 radical (unpaired) electrons. The molecule has 0 heterocycles. The summed E-state index contributed by atoms with van der Waals surface area (Å²) in [5, 5.41) is 14.6. The molecule has 2 atom stereocenters. The molecule has 0 bridgehead atoms. The van der Waals surface area contributed by atoms with E-state index in [-0.39, 0.29) is 17.5 Å². The second-order valence-corrected chi connectivity index (χ2v) is 6.61. The third kappa shape index (κ3) is 5.80. The predicted molar refractivity (Wildman–Crippen MR) is 78.7 cm³/mol. The highest BCUT2D eigenvalue weighted by Crippen LogP contribution is 2.34. The number of hydrogen-bond acceptors (Lipinski definition) is 2. The van der Waals surface area contributed by atoms with E-state index in [4.69, 9.17) is 5.11 Å². The Hall–Kier alpha value is -1.26. The number of aliphatic carboxylic acids is 1. The molecule has 0 aliphatic heterocycles. The van der Waals surface area contributed by atoms with Gasteiger partial charge in [0.15, 0.2) is 0 Å². The van der Waals surface area contributed by atoms with Gasteiger partial charge in [-0.3, -0.25) is 0 Å². The number of rotatable bonds is 6. The van der Waals surface area contributed by atoms with Crippen LogP contribution in [0.4, 0.5) is 4.79 Å². The molecule has 0 spiro atoms. The fourth-order valence-corrected chi connectivity index (χ4v) is 2.87. The molecule has 3 N–H and O–H groups in total. The lowest BCUT2D eigenvalue weighted by Gasteiger charge is -2.35. The molecule has 0 aromatic carbocycles. The maximum Gasteiger partial charge on any atom is 0.326 e. The van der Waals surface area contributed by atoms with Crippen LogP contribution in [0.2, 0.25) is 0 Å². The molecular weight excluding hydrogens is 256 g/mol. The van der Waals surface area contributed by atoms with Gasteiger partial charge in [-0.1, -0.05) is 40.0 Å². The number of carbonyl (C=O) groups is 2. The summed E-state index contributed by atoms with van der Waals surface area (Å²) >= 11 is 0. The third-order valence-electron chi connectivity index (χ3n) is 3.99. The van der Waals surface area contributed by atoms with Gasteiger partial charge in [0.2, 0.25) is 0 Å². The summed E-state index contributed by atoms with van der Waals surface area (Å²) in [6, 6.07) is -0.984. The van der Waals surface area contributed by atoms with Crippen LogP contribution in [0.15, 0.2) is 0 Å². The second-order valence-electron chi connectivity index (χ2n) is 6.61. The number of hydrogen-bond donors (Lipinski definition) is 3. The van der Waals surface area contributed by atoms with Crippen LogP contribution in [0, 0.1) is 5.41 Å². The summed E-state index contributed by atoms with van der Waals surface area (Å²) in [6.07, 6.45) is 6.42. The number of nitrogens with one attached hydrogen (secondary N) is 2. The first-order chi connectivity index (χ1) is 9.34. The van der Waals surface area contributed by atoms with Crippen molar-refractivity contribution in [2.45, 2.75) is 77.8 Å². The fourth-order valence-electron chi connectivity index (χ4n) is 2.87. The van der Waals surface area contributed by atoms with Crippen molar-refractivity contribution in [3.05, 3.63) is 0 Å². The first-order valence-electron chi connectivity index (χ1n) is 7.64. The van der Waals surface area contributed by atoms with Gasteiger partial charge in [-0.2, -0.15) is 0 Å². The Labute approximate surface area is 121 Å². The molecule has 5 heteroatoms. The van der Waals surface area contributed by atoms with Crippen LogP contribution in [-0.2, 0) is 4.79 Å². The van der Waals surface area contributed by atoms with Gasteiger partial charge >= 0.3 is 12.0 Å². The molecular formula is C15H28N2O3. The zero-order chi connectivity index (χ0) is 15.2. The van der Waals surface area contributed by atoms with Crippen molar-refractivity contribution in [3.63, 3.8) is 0 Å². The zero-order valence-corrected chi connectivity index (χ0v) is 12.9. The van der Waals surface area contributed by atoms with E-state index >= 15 is 0 Å². The smallest absolute Gasteiger partial charge is 0.326 e. The zero-order valence-electron chi connectivity index (χ0n) is 12.9. The molecule has 0 saturated heterocycles. The lowest BCUT2D eigenvalue weighted by molar-refractivity contribution is -0.139. The third-order valence-corrected chi connectivity index (χ3v) is 3.99. The lowest BCUT2D eigenvalue weighted by atomic mass is 9.75. The topological polar surface area (TPSA) is 78.4 Å². The van der Waals surface area contributed by atoms with Gasteiger partial charge in [-0.05, 0) is 31.1 Å². The van der Waals surface area contributed by atoms with Crippen molar-refractivity contribution in [1.82, 2.24) is 10.6 Å². The Kier molecular flexibility index (Phi) is 6.30. The fraction of sp³-hybridized carbons (Fsp3) is 0.867. The predicted octanol–water partition coefficient (Wildman–Crippen LogP) is 2.90. The molecule has 2 unspecified atom stereocenters. The van der Waals surface area contributed by atoms with E-state index in [1.807, 2.05) is 6.92 Å². The standard InChI is InChI=1S/C15H28N2O3/c1-4-5-8-12(13(18)19)17-14(20)16-11-7-6-9-15(2,3)10-11/h11-12H,4-10H2,1-3H3,(H,18,19)(H2,16,17,20). The summed E-state index contributed by atoms with van der Waals surface area (Å²) in [5.41, 5.74) is 0.255. The number of carboxylic acid groups (broad SMARTS) is 1. The van der Waals surface area contributed by atoms with Crippen LogP contribution in [0.3, 0.4) is 0 Å². The van der Waals surface area contributed by atoms with Crippen LogP contribution >= 0.6 is 0 Å². The maximum absolute atomic E-state index is 11.9. The van der Waals surface area contributed by atoms with Crippen molar-refractivity contribution >= 4 is 12.0 Å². The minimum atomic E-state index is -0.961. The Bertz CT molecular complexity index is 342. The van der Waals surface area contributed by atoms with Crippen LogP contribution in [0.5, 0.6) is 0 Å². The van der Waals surface area contributed by atoms with E-state index < -0.39 is 12.0 Å². The van der Waals surface area contributed by atoms with Crippen LogP contribution in [0.1, 0.15) is 65.7 Å². The van der Waals surface area contributed by atoms with Gasteiger partial charge in [0.05, 0.1) is 0 Å². The minimum absolute atomic E-state index is 0.152. The minimum Gasteiger partial charge on any atom is -0.480 e. The molecule has 2 amide bonds. The lowest BCUT2D eigenvalue weighted by Crippen LogP contribution is -2.50.